The monoisotopic (exact) mass is 363 g/mol. The number of hydrogen-bond acceptors (Lipinski definition) is 5. The van der Waals surface area contributed by atoms with Crippen LogP contribution in [0.1, 0.15) is 42.7 Å². The zero-order chi connectivity index (χ0) is 17.4. The maximum Gasteiger partial charge on any atom is 0.274 e. The fourth-order valence-corrected chi connectivity index (χ4v) is 2.44. The number of halogens is 1. The Bertz CT molecular complexity index is 657. The van der Waals surface area contributed by atoms with E-state index in [1.54, 1.807) is 6.07 Å². The van der Waals surface area contributed by atoms with E-state index in [2.05, 4.69) is 34.0 Å². The largest absolute Gasteiger partial charge is 0.357 e. The van der Waals surface area contributed by atoms with Crippen molar-refractivity contribution in [3.63, 3.8) is 0 Å². The van der Waals surface area contributed by atoms with Crippen LogP contribution in [-0.4, -0.2) is 29.0 Å². The Morgan fingerprint density at radius 1 is 1.12 bits per heavy atom. The van der Waals surface area contributed by atoms with E-state index in [1.165, 1.54) is 6.33 Å². The number of nitrogens with two attached hydrogens (primary N) is 1. The molecule has 2 aromatic rings. The van der Waals surface area contributed by atoms with Crippen LogP contribution in [0.25, 0.3) is 0 Å². The molecule has 0 saturated heterocycles. The lowest BCUT2D eigenvalue weighted by Crippen LogP contribution is -2.26. The van der Waals surface area contributed by atoms with Crippen LogP contribution < -0.4 is 16.0 Å². The smallest absolute Gasteiger partial charge is 0.274 e. The van der Waals surface area contributed by atoms with E-state index in [4.69, 9.17) is 5.73 Å². The van der Waals surface area contributed by atoms with Gasteiger partial charge in [0.2, 0.25) is 0 Å². The molecule has 1 aromatic heterocycles. The molecular weight excluding hydrogens is 338 g/mol. The lowest BCUT2D eigenvalue weighted by atomic mass is 10.2. The highest BCUT2D eigenvalue weighted by Crippen LogP contribution is 2.14. The molecule has 1 heterocycles. The van der Waals surface area contributed by atoms with Gasteiger partial charge in [0.1, 0.15) is 17.8 Å². The van der Waals surface area contributed by atoms with Gasteiger partial charge >= 0.3 is 0 Å². The topological polar surface area (TPSA) is 84.1 Å². The van der Waals surface area contributed by atoms with Gasteiger partial charge in [0, 0.05) is 31.4 Å². The number of nitrogens with zero attached hydrogens (tertiary/aromatic N) is 3. The van der Waals surface area contributed by atoms with Crippen LogP contribution >= 0.6 is 12.4 Å². The van der Waals surface area contributed by atoms with Crippen LogP contribution in [0.15, 0.2) is 36.7 Å². The van der Waals surface area contributed by atoms with Crippen molar-refractivity contribution in [1.29, 1.82) is 0 Å². The van der Waals surface area contributed by atoms with Crippen LogP contribution in [0, 0.1) is 0 Å². The van der Waals surface area contributed by atoms with E-state index in [9.17, 15) is 4.79 Å². The van der Waals surface area contributed by atoms with E-state index in [0.29, 0.717) is 12.2 Å². The van der Waals surface area contributed by atoms with Crippen LogP contribution in [0.3, 0.4) is 0 Å². The van der Waals surface area contributed by atoms with Gasteiger partial charge in [-0.25, -0.2) is 9.97 Å². The van der Waals surface area contributed by atoms with E-state index >= 15 is 0 Å². The van der Waals surface area contributed by atoms with Gasteiger partial charge in [-0.1, -0.05) is 26.0 Å². The highest BCUT2D eigenvalue weighted by molar-refractivity contribution is 6.03. The first kappa shape index (κ1) is 20.9. The Hall–Kier alpha value is -2.18. The second-order valence-corrected chi connectivity index (χ2v) is 5.60. The molecule has 0 bridgehead atoms. The summed E-state index contributed by atoms with van der Waals surface area (Å²) in [6.07, 6.45) is 3.50. The number of rotatable bonds is 8. The van der Waals surface area contributed by atoms with Gasteiger partial charge in [-0.15, -0.1) is 12.4 Å². The van der Waals surface area contributed by atoms with Crippen molar-refractivity contribution in [2.24, 2.45) is 5.73 Å². The molecule has 0 aliphatic rings. The van der Waals surface area contributed by atoms with Crippen LogP contribution in [-0.2, 0) is 6.54 Å². The first-order chi connectivity index (χ1) is 11.7. The zero-order valence-corrected chi connectivity index (χ0v) is 15.6. The molecule has 0 saturated carbocycles. The van der Waals surface area contributed by atoms with Crippen molar-refractivity contribution in [2.45, 2.75) is 33.2 Å². The number of carbonyl (C=O) groups is 1. The van der Waals surface area contributed by atoms with Crippen molar-refractivity contribution < 1.29 is 4.79 Å². The zero-order valence-electron chi connectivity index (χ0n) is 14.7. The minimum Gasteiger partial charge on any atom is -0.357 e. The molecule has 25 heavy (non-hydrogen) atoms. The normalized spacial score (nSPS) is 10.0. The summed E-state index contributed by atoms with van der Waals surface area (Å²) in [5.74, 6) is 0.546. The summed E-state index contributed by atoms with van der Waals surface area (Å²) in [5.41, 5.74) is 7.68. The molecular formula is C18H26ClN5O. The van der Waals surface area contributed by atoms with Crippen molar-refractivity contribution in [2.75, 3.05) is 23.3 Å². The number of carbonyl (C=O) groups excluding carboxylic acids is 1. The summed E-state index contributed by atoms with van der Waals surface area (Å²) in [6.45, 7) is 6.55. The summed E-state index contributed by atoms with van der Waals surface area (Å²) >= 11 is 0. The summed E-state index contributed by atoms with van der Waals surface area (Å²) in [6, 6.07) is 9.21. The van der Waals surface area contributed by atoms with Crippen molar-refractivity contribution in [3.05, 3.63) is 47.9 Å². The third-order valence-electron chi connectivity index (χ3n) is 3.64. The molecule has 1 aromatic carbocycles. The summed E-state index contributed by atoms with van der Waals surface area (Å²) in [4.78, 5) is 23.0. The number of benzene rings is 1. The Morgan fingerprint density at radius 3 is 2.32 bits per heavy atom. The molecule has 0 aliphatic heterocycles. The van der Waals surface area contributed by atoms with Crippen molar-refractivity contribution in [1.82, 2.24) is 9.97 Å². The van der Waals surface area contributed by atoms with Crippen LogP contribution in [0.2, 0.25) is 0 Å². The van der Waals surface area contributed by atoms with Crippen LogP contribution in [0.4, 0.5) is 11.5 Å². The Kier molecular flexibility index (Phi) is 8.88. The predicted molar refractivity (Wildman–Crippen MR) is 104 cm³/mol. The third kappa shape index (κ3) is 5.99. The summed E-state index contributed by atoms with van der Waals surface area (Å²) in [7, 11) is 0. The number of hydrogen-bond donors (Lipinski definition) is 2. The van der Waals surface area contributed by atoms with Gasteiger partial charge in [-0.05, 0) is 30.5 Å². The Balaban J connectivity index is 0.00000312. The third-order valence-corrected chi connectivity index (χ3v) is 3.64. The average Bonchev–Trinajstić information content (AvgIpc) is 2.62. The van der Waals surface area contributed by atoms with E-state index in [0.717, 1.165) is 43.0 Å². The molecule has 6 nitrogen and oxygen atoms in total. The standard InChI is InChI=1S/C18H25N5O.ClH/c1-3-9-23(10-4-2)17-11-16(20-13-21-17)18(24)22-15-7-5-14(12-19)6-8-15;/h5-8,11,13H,3-4,9-10,12,19H2,1-2H3,(H,22,24);1H. The van der Waals surface area contributed by atoms with Gasteiger partial charge in [0.15, 0.2) is 0 Å². The van der Waals surface area contributed by atoms with Crippen LogP contribution in [0.5, 0.6) is 0 Å². The Morgan fingerprint density at radius 2 is 1.76 bits per heavy atom. The van der Waals surface area contributed by atoms with Gasteiger partial charge < -0.3 is 16.0 Å². The molecule has 3 N–H and O–H groups in total. The quantitative estimate of drug-likeness (QED) is 0.752. The first-order valence-electron chi connectivity index (χ1n) is 8.35. The van der Waals surface area contributed by atoms with Gasteiger partial charge in [-0.2, -0.15) is 0 Å². The van der Waals surface area contributed by atoms with Gasteiger partial charge in [0.25, 0.3) is 5.91 Å². The molecule has 1 amide bonds. The second kappa shape index (κ2) is 10.6. The average molecular weight is 364 g/mol. The summed E-state index contributed by atoms with van der Waals surface area (Å²) < 4.78 is 0. The molecule has 0 unspecified atom stereocenters. The maximum absolute atomic E-state index is 12.4. The summed E-state index contributed by atoms with van der Waals surface area (Å²) in [5, 5.41) is 2.85. The lowest BCUT2D eigenvalue weighted by molar-refractivity contribution is 0.102. The number of nitrogens with one attached hydrogen (secondary N) is 1. The highest BCUT2D eigenvalue weighted by atomic mass is 35.5. The molecule has 0 aliphatic carbocycles. The molecule has 2 rings (SSSR count). The minimum absolute atomic E-state index is 0. The fraction of sp³-hybridized carbons (Fsp3) is 0.389. The maximum atomic E-state index is 12.4. The van der Waals surface area contributed by atoms with Crippen molar-refractivity contribution in [3.8, 4) is 0 Å². The lowest BCUT2D eigenvalue weighted by Gasteiger charge is -2.22. The Labute approximate surface area is 155 Å². The SMILES string of the molecule is CCCN(CCC)c1cc(C(=O)Nc2ccc(CN)cc2)ncn1.Cl. The van der Waals surface area contributed by atoms with E-state index in [1.807, 2.05) is 24.3 Å². The van der Waals surface area contributed by atoms with Crippen molar-refractivity contribution >= 4 is 29.8 Å². The minimum atomic E-state index is -0.243. The molecule has 0 atom stereocenters. The number of amides is 1. The first-order valence-corrected chi connectivity index (χ1v) is 8.35. The second-order valence-electron chi connectivity index (χ2n) is 5.60. The number of aromatic nitrogens is 2. The highest BCUT2D eigenvalue weighted by Gasteiger charge is 2.12. The van der Waals surface area contributed by atoms with Gasteiger partial charge in [-0.3, -0.25) is 4.79 Å². The molecule has 0 fully saturated rings. The van der Waals surface area contributed by atoms with E-state index < -0.39 is 0 Å². The fourth-order valence-electron chi connectivity index (χ4n) is 2.44. The molecule has 0 spiro atoms. The van der Waals surface area contributed by atoms with Gasteiger partial charge in [0.05, 0.1) is 0 Å². The predicted octanol–water partition coefficient (Wildman–Crippen LogP) is 3.24. The van der Waals surface area contributed by atoms with E-state index in [-0.39, 0.29) is 18.3 Å². The molecule has 7 heteroatoms. The molecule has 136 valence electrons. The number of anilines is 2. The molecule has 0 radical (unpaired) electrons.